The maximum Gasteiger partial charge on any atom is 0.387 e. The van der Waals surface area contributed by atoms with E-state index in [1.807, 2.05) is 0 Å². The molecule has 30 heavy (non-hydrogen) atoms. The van der Waals surface area contributed by atoms with Crippen LogP contribution in [0.5, 0.6) is 5.75 Å². The number of nitrogens with one attached hydrogen (secondary N) is 3. The van der Waals surface area contributed by atoms with Crippen LogP contribution in [0.4, 0.5) is 29.3 Å². The maximum absolute atomic E-state index is 14.2. The highest BCUT2D eigenvalue weighted by molar-refractivity contribution is 6.02. The van der Waals surface area contributed by atoms with E-state index >= 15 is 0 Å². The number of aromatic nitrogens is 2. The smallest absolute Gasteiger partial charge is 0.387 e. The molecule has 11 heteroatoms. The van der Waals surface area contributed by atoms with Gasteiger partial charge in [0, 0.05) is 14.1 Å². The summed E-state index contributed by atoms with van der Waals surface area (Å²) in [5.41, 5.74) is -1.03. The van der Waals surface area contributed by atoms with E-state index in [-0.39, 0.29) is 23.2 Å². The van der Waals surface area contributed by atoms with Gasteiger partial charge in [0.2, 0.25) is 5.95 Å². The fraction of sp³-hybridized carbons (Fsp3) is 0.421. The zero-order valence-corrected chi connectivity index (χ0v) is 16.3. The molecule has 1 aliphatic rings. The Hall–Kier alpha value is -3.11. The van der Waals surface area contributed by atoms with E-state index in [0.29, 0.717) is 5.56 Å². The van der Waals surface area contributed by atoms with Crippen LogP contribution in [0.15, 0.2) is 23.0 Å². The highest BCUT2D eigenvalue weighted by Gasteiger charge is 2.34. The lowest BCUT2D eigenvalue weighted by molar-refractivity contribution is -0.0522. The van der Waals surface area contributed by atoms with E-state index < -0.39 is 42.2 Å². The lowest BCUT2D eigenvalue weighted by Gasteiger charge is -2.23. The van der Waals surface area contributed by atoms with Crippen LogP contribution >= 0.6 is 0 Å². The van der Waals surface area contributed by atoms with Crippen LogP contribution in [-0.4, -0.2) is 43.1 Å². The summed E-state index contributed by atoms with van der Waals surface area (Å²) in [5, 5.41) is 10.8. The molecule has 1 atom stereocenters. The average molecular weight is 427 g/mol. The van der Waals surface area contributed by atoms with Crippen molar-refractivity contribution >= 4 is 17.5 Å². The van der Waals surface area contributed by atoms with E-state index in [1.165, 1.54) is 11.0 Å². The number of aromatic amines is 1. The van der Waals surface area contributed by atoms with Gasteiger partial charge in [0.25, 0.3) is 5.56 Å². The van der Waals surface area contributed by atoms with Crippen LogP contribution in [0.1, 0.15) is 30.0 Å². The zero-order valence-electron chi connectivity index (χ0n) is 16.3. The summed E-state index contributed by atoms with van der Waals surface area (Å²) in [6.07, 6.45) is 1.63. The molecule has 2 aromatic rings. The Kier molecular flexibility index (Phi) is 6.28. The molecule has 162 valence electrons. The lowest BCUT2D eigenvalue weighted by Crippen LogP contribution is -2.28. The summed E-state index contributed by atoms with van der Waals surface area (Å²) in [5.74, 6) is -1.27. The lowest BCUT2D eigenvalue weighted by atomic mass is 10.0. The molecule has 0 spiro atoms. The van der Waals surface area contributed by atoms with Gasteiger partial charge in [-0.3, -0.25) is 9.78 Å². The van der Waals surface area contributed by atoms with Crippen molar-refractivity contribution in [3.05, 3.63) is 45.5 Å². The summed E-state index contributed by atoms with van der Waals surface area (Å²) in [7, 11) is 3.30. The fourth-order valence-electron chi connectivity index (χ4n) is 3.08. The number of ether oxygens (including phenoxy) is 1. The molecule has 3 rings (SSSR count). The molecule has 1 heterocycles. The van der Waals surface area contributed by atoms with Gasteiger partial charge in [0.05, 0.1) is 11.8 Å². The summed E-state index contributed by atoms with van der Waals surface area (Å²) in [4.78, 5) is 20.8. The first kappa shape index (κ1) is 21.6. The monoisotopic (exact) mass is 427 g/mol. The van der Waals surface area contributed by atoms with Gasteiger partial charge in [-0.05, 0) is 36.5 Å². The zero-order chi connectivity index (χ0) is 22.0. The van der Waals surface area contributed by atoms with Gasteiger partial charge in [-0.2, -0.15) is 13.8 Å². The van der Waals surface area contributed by atoms with E-state index in [1.54, 1.807) is 14.1 Å². The first-order valence-electron chi connectivity index (χ1n) is 9.17. The van der Waals surface area contributed by atoms with Crippen molar-refractivity contribution in [3.8, 4) is 5.75 Å². The Bertz CT molecular complexity index is 991. The minimum atomic E-state index is -3.15. The molecule has 3 N–H and O–H groups in total. The number of alkyl halides is 3. The van der Waals surface area contributed by atoms with Crippen LogP contribution in [0, 0.1) is 17.1 Å². The van der Waals surface area contributed by atoms with Crippen molar-refractivity contribution in [2.45, 2.75) is 25.5 Å². The molecule has 1 aromatic heterocycles. The number of H-pyrrole nitrogens is 1. The van der Waals surface area contributed by atoms with Crippen molar-refractivity contribution in [2.24, 2.45) is 5.92 Å². The van der Waals surface area contributed by atoms with Crippen LogP contribution in [0.25, 0.3) is 0 Å². The van der Waals surface area contributed by atoms with Gasteiger partial charge in [-0.25, -0.2) is 8.78 Å². The Labute approximate surface area is 169 Å². The average Bonchev–Trinajstić information content (AvgIpc) is 3.51. The molecule has 0 aliphatic heterocycles. The predicted octanol–water partition coefficient (Wildman–Crippen LogP) is 3.48. The molecule has 1 fully saturated rings. The third kappa shape index (κ3) is 4.71. The molecule has 0 bridgehead atoms. The molecule has 0 saturated heterocycles. The van der Waals surface area contributed by atoms with Crippen molar-refractivity contribution < 1.29 is 22.3 Å². The third-order valence-corrected chi connectivity index (χ3v) is 4.68. The number of hydrogen-bond acceptors (Lipinski definition) is 6. The number of hydrogen-bond donors (Lipinski definition) is 3. The van der Waals surface area contributed by atoms with Gasteiger partial charge in [-0.15, -0.1) is 0 Å². The Morgan fingerprint density at radius 1 is 1.40 bits per heavy atom. The van der Waals surface area contributed by atoms with Gasteiger partial charge in [-0.1, -0.05) is 6.07 Å². The Balaban J connectivity index is 2.01. The molecule has 1 unspecified atom stereocenters. The first-order valence-corrected chi connectivity index (χ1v) is 9.17. The van der Waals surface area contributed by atoms with Crippen LogP contribution in [0.2, 0.25) is 0 Å². The van der Waals surface area contributed by atoms with Crippen LogP contribution in [-0.2, 0) is 0 Å². The number of halogens is 4. The highest BCUT2D eigenvalue weighted by atomic mass is 19.3. The standard InChI is InChI=1S/C19H21F4N5O2/c1-28(2)19-26-16(14(12(24)8-20)17(29)27-19)25-15(9-3-4-9)10-5-6-13(11(21)7-10)30-18(22)23/h5-7,9,15,18,24H,3-4,8H2,1-2H3,(H2,25,26,27,29). The molecular weight excluding hydrogens is 406 g/mol. The van der Waals surface area contributed by atoms with Crippen molar-refractivity contribution in [3.63, 3.8) is 0 Å². The number of anilines is 2. The first-order chi connectivity index (χ1) is 14.2. The second-order valence-electron chi connectivity index (χ2n) is 7.15. The molecule has 0 radical (unpaired) electrons. The Morgan fingerprint density at radius 3 is 2.63 bits per heavy atom. The minimum Gasteiger partial charge on any atom is -0.432 e. The molecule has 1 saturated carbocycles. The number of rotatable bonds is 9. The van der Waals surface area contributed by atoms with Crippen molar-refractivity contribution in [2.75, 3.05) is 31.0 Å². The Morgan fingerprint density at radius 2 is 2.10 bits per heavy atom. The summed E-state index contributed by atoms with van der Waals surface area (Å²) >= 11 is 0. The maximum atomic E-state index is 14.2. The number of nitrogens with zero attached hydrogens (tertiary/aromatic N) is 2. The molecule has 1 aromatic carbocycles. The normalized spacial score (nSPS) is 14.5. The summed E-state index contributed by atoms with van der Waals surface area (Å²) in [6.45, 7) is -4.31. The van der Waals surface area contributed by atoms with E-state index in [2.05, 4.69) is 20.0 Å². The van der Waals surface area contributed by atoms with Crippen LogP contribution in [0.3, 0.4) is 0 Å². The van der Waals surface area contributed by atoms with Gasteiger partial charge in [0.15, 0.2) is 11.6 Å². The molecule has 7 nitrogen and oxygen atoms in total. The van der Waals surface area contributed by atoms with E-state index in [4.69, 9.17) is 5.41 Å². The molecular formula is C19H21F4N5O2. The molecule has 1 aliphatic carbocycles. The largest absolute Gasteiger partial charge is 0.432 e. The fourth-order valence-corrected chi connectivity index (χ4v) is 3.08. The highest BCUT2D eigenvalue weighted by Crippen LogP contribution is 2.43. The van der Waals surface area contributed by atoms with Gasteiger partial charge < -0.3 is 20.4 Å². The van der Waals surface area contributed by atoms with Crippen LogP contribution < -0.4 is 20.5 Å². The second-order valence-corrected chi connectivity index (χ2v) is 7.15. The second kappa shape index (κ2) is 8.72. The quantitative estimate of drug-likeness (QED) is 0.421. The predicted molar refractivity (Wildman–Crippen MR) is 104 cm³/mol. The van der Waals surface area contributed by atoms with Gasteiger partial charge >= 0.3 is 6.61 Å². The summed E-state index contributed by atoms with van der Waals surface area (Å²) < 4.78 is 56.3. The molecule has 0 amide bonds. The van der Waals surface area contributed by atoms with Crippen molar-refractivity contribution in [1.82, 2.24) is 9.97 Å². The van der Waals surface area contributed by atoms with Gasteiger partial charge in [0.1, 0.15) is 18.1 Å². The summed E-state index contributed by atoms with van der Waals surface area (Å²) in [6, 6.07) is 3.11. The number of benzene rings is 1. The van der Waals surface area contributed by atoms with E-state index in [9.17, 15) is 22.4 Å². The van der Waals surface area contributed by atoms with E-state index in [0.717, 1.165) is 25.0 Å². The van der Waals surface area contributed by atoms with Crippen molar-refractivity contribution in [1.29, 1.82) is 5.41 Å². The topological polar surface area (TPSA) is 94.1 Å². The SMILES string of the molecule is CN(C)c1nc(NC(c2ccc(OC(F)F)c(F)c2)C2CC2)c(C(=N)CF)c(=O)[nH]1. The third-order valence-electron chi connectivity index (χ3n) is 4.68. The minimum absolute atomic E-state index is 0.00434.